The van der Waals surface area contributed by atoms with Crippen molar-refractivity contribution in [3.05, 3.63) is 35.9 Å². The minimum atomic E-state index is -2.98. The van der Waals surface area contributed by atoms with Gasteiger partial charge in [0.1, 0.15) is 0 Å². The van der Waals surface area contributed by atoms with Crippen LogP contribution in [0.1, 0.15) is 5.56 Å². The molecule has 0 fully saturated rings. The highest BCUT2D eigenvalue weighted by Gasteiger charge is 2.33. The summed E-state index contributed by atoms with van der Waals surface area (Å²) < 4.78 is 31.9. The Hall–Kier alpha value is -1.49. The number of carbonyl (C=O) groups is 1. The zero-order chi connectivity index (χ0) is 12.9. The maximum atomic E-state index is 13.8. The van der Waals surface area contributed by atoms with Crippen molar-refractivity contribution in [2.45, 2.75) is 5.92 Å². The highest BCUT2D eigenvalue weighted by Crippen LogP contribution is 2.28. The van der Waals surface area contributed by atoms with Gasteiger partial charge in [-0.3, -0.25) is 9.69 Å². The average Bonchev–Trinajstić information content (AvgIpc) is 2.29. The zero-order valence-corrected chi connectivity index (χ0v) is 9.82. The number of hydrogen-bond donors (Lipinski definition) is 0. The molecule has 3 nitrogen and oxygen atoms in total. The smallest absolute Gasteiger partial charge is 0.319 e. The first-order valence-corrected chi connectivity index (χ1v) is 5.14. The molecule has 0 aliphatic heterocycles. The third-order valence-corrected chi connectivity index (χ3v) is 2.29. The molecule has 1 rings (SSSR count). The maximum absolute atomic E-state index is 13.8. The summed E-state index contributed by atoms with van der Waals surface area (Å²) in [6.07, 6.45) is 0. The molecule has 0 N–H and O–H groups in total. The fourth-order valence-electron chi connectivity index (χ4n) is 1.45. The first kappa shape index (κ1) is 13.6. The van der Waals surface area contributed by atoms with Crippen LogP contribution < -0.4 is 0 Å². The topological polar surface area (TPSA) is 29.5 Å². The first-order valence-electron chi connectivity index (χ1n) is 5.14. The predicted octanol–water partition coefficient (Wildman–Crippen LogP) is 1.88. The molecule has 17 heavy (non-hydrogen) atoms. The van der Waals surface area contributed by atoms with Crippen molar-refractivity contribution in [1.29, 1.82) is 0 Å². The van der Waals surface area contributed by atoms with Crippen LogP contribution in [0.5, 0.6) is 0 Å². The Kier molecular flexibility index (Phi) is 4.57. The standard InChI is InChI=1S/C12H15F2NO2/c1-15(8-11(16)17-2)9-12(13,14)10-6-4-3-5-7-10/h3-7H,8-9H2,1-2H3. The predicted molar refractivity (Wildman–Crippen MR) is 59.8 cm³/mol. The summed E-state index contributed by atoms with van der Waals surface area (Å²) in [5.74, 6) is -3.51. The van der Waals surface area contributed by atoms with E-state index in [9.17, 15) is 13.6 Å². The molecular formula is C12H15F2NO2. The van der Waals surface area contributed by atoms with Crippen molar-refractivity contribution in [3.63, 3.8) is 0 Å². The summed E-state index contributed by atoms with van der Waals surface area (Å²) in [6.45, 7) is -0.676. The minimum Gasteiger partial charge on any atom is -0.468 e. The molecule has 0 unspecified atom stereocenters. The van der Waals surface area contributed by atoms with Crippen LogP contribution in [0, 0.1) is 0 Å². The molecule has 0 bridgehead atoms. The van der Waals surface area contributed by atoms with Crippen LogP contribution >= 0.6 is 0 Å². The van der Waals surface area contributed by atoms with E-state index >= 15 is 0 Å². The minimum absolute atomic E-state index is 0.0586. The van der Waals surface area contributed by atoms with Crippen molar-refractivity contribution >= 4 is 5.97 Å². The van der Waals surface area contributed by atoms with Gasteiger partial charge in [0, 0.05) is 5.56 Å². The van der Waals surface area contributed by atoms with Crippen LogP contribution in [0.2, 0.25) is 0 Å². The summed E-state index contributed by atoms with van der Waals surface area (Å²) in [7, 11) is 2.68. The molecule has 0 amide bonds. The second-order valence-corrected chi connectivity index (χ2v) is 3.82. The molecule has 0 aliphatic rings. The zero-order valence-electron chi connectivity index (χ0n) is 9.82. The van der Waals surface area contributed by atoms with Crippen LogP contribution in [0.15, 0.2) is 30.3 Å². The molecule has 0 radical (unpaired) electrons. The molecule has 0 atom stereocenters. The number of carbonyl (C=O) groups excluding carboxylic acids is 1. The van der Waals surface area contributed by atoms with Gasteiger partial charge in [0.05, 0.1) is 20.2 Å². The van der Waals surface area contributed by atoms with Gasteiger partial charge in [-0.05, 0) is 7.05 Å². The van der Waals surface area contributed by atoms with Gasteiger partial charge in [-0.15, -0.1) is 0 Å². The SMILES string of the molecule is COC(=O)CN(C)CC(F)(F)c1ccccc1. The van der Waals surface area contributed by atoms with E-state index < -0.39 is 18.4 Å². The molecular weight excluding hydrogens is 228 g/mol. The molecule has 0 aliphatic carbocycles. The second kappa shape index (κ2) is 5.72. The maximum Gasteiger partial charge on any atom is 0.319 e. The first-order chi connectivity index (χ1) is 7.95. The highest BCUT2D eigenvalue weighted by atomic mass is 19.3. The third-order valence-electron chi connectivity index (χ3n) is 2.29. The quantitative estimate of drug-likeness (QED) is 0.739. The largest absolute Gasteiger partial charge is 0.468 e. The number of methoxy groups -OCH3 is 1. The van der Waals surface area contributed by atoms with E-state index in [-0.39, 0.29) is 12.1 Å². The number of likely N-dealkylation sites (N-methyl/N-ethyl adjacent to an activating group) is 1. The fourth-order valence-corrected chi connectivity index (χ4v) is 1.45. The Bertz CT molecular complexity index is 368. The van der Waals surface area contributed by atoms with Crippen LogP contribution in [0.4, 0.5) is 8.78 Å². The number of ether oxygens (including phenoxy) is 1. The Morgan fingerprint density at radius 1 is 1.35 bits per heavy atom. The van der Waals surface area contributed by atoms with Gasteiger partial charge in [0.2, 0.25) is 0 Å². The summed E-state index contributed by atoms with van der Waals surface area (Å²) in [5.41, 5.74) is -0.0586. The normalized spacial score (nSPS) is 11.6. The fraction of sp³-hybridized carbons (Fsp3) is 0.417. The molecule has 0 saturated heterocycles. The lowest BCUT2D eigenvalue weighted by atomic mass is 10.1. The van der Waals surface area contributed by atoms with E-state index in [1.54, 1.807) is 18.2 Å². The molecule has 0 aromatic heterocycles. The van der Waals surface area contributed by atoms with Gasteiger partial charge in [-0.1, -0.05) is 30.3 Å². The van der Waals surface area contributed by atoms with E-state index in [1.807, 2.05) is 0 Å². The lowest BCUT2D eigenvalue weighted by Crippen LogP contribution is -2.36. The molecule has 5 heteroatoms. The molecule has 94 valence electrons. The van der Waals surface area contributed by atoms with Gasteiger partial charge >= 0.3 is 5.97 Å². The van der Waals surface area contributed by atoms with Crippen molar-refractivity contribution in [2.24, 2.45) is 0 Å². The van der Waals surface area contributed by atoms with E-state index in [0.29, 0.717) is 0 Å². The van der Waals surface area contributed by atoms with Gasteiger partial charge in [0.25, 0.3) is 5.92 Å². The number of benzene rings is 1. The van der Waals surface area contributed by atoms with Gasteiger partial charge in [-0.2, -0.15) is 8.78 Å². The molecule has 0 heterocycles. The van der Waals surface area contributed by atoms with Crippen LogP contribution in [-0.2, 0) is 15.5 Å². The van der Waals surface area contributed by atoms with E-state index in [1.165, 1.54) is 31.2 Å². The Labute approximate surface area is 99.0 Å². The number of esters is 1. The lowest BCUT2D eigenvalue weighted by molar-refractivity contribution is -0.142. The monoisotopic (exact) mass is 243 g/mol. The molecule has 1 aromatic rings. The van der Waals surface area contributed by atoms with Crippen LogP contribution in [0.25, 0.3) is 0 Å². The van der Waals surface area contributed by atoms with E-state index in [4.69, 9.17) is 0 Å². The van der Waals surface area contributed by atoms with Gasteiger partial charge in [-0.25, -0.2) is 0 Å². The van der Waals surface area contributed by atoms with Crippen LogP contribution in [0.3, 0.4) is 0 Å². The van der Waals surface area contributed by atoms with E-state index in [0.717, 1.165) is 0 Å². The Morgan fingerprint density at radius 2 is 1.94 bits per heavy atom. The number of nitrogens with zero attached hydrogens (tertiary/aromatic N) is 1. The van der Waals surface area contributed by atoms with Crippen molar-refractivity contribution < 1.29 is 18.3 Å². The number of rotatable bonds is 5. The summed E-state index contributed by atoms with van der Waals surface area (Å²) >= 11 is 0. The molecule has 1 aromatic carbocycles. The highest BCUT2D eigenvalue weighted by molar-refractivity contribution is 5.71. The van der Waals surface area contributed by atoms with Gasteiger partial charge < -0.3 is 4.74 Å². The number of hydrogen-bond acceptors (Lipinski definition) is 3. The summed E-state index contributed by atoms with van der Waals surface area (Å²) in [5, 5.41) is 0. The molecule has 0 saturated carbocycles. The summed E-state index contributed by atoms with van der Waals surface area (Å²) in [6, 6.07) is 7.53. The van der Waals surface area contributed by atoms with Crippen molar-refractivity contribution in [1.82, 2.24) is 4.90 Å². The van der Waals surface area contributed by atoms with Crippen molar-refractivity contribution in [2.75, 3.05) is 27.2 Å². The number of halogens is 2. The number of alkyl halides is 2. The second-order valence-electron chi connectivity index (χ2n) is 3.82. The van der Waals surface area contributed by atoms with E-state index in [2.05, 4.69) is 4.74 Å². The van der Waals surface area contributed by atoms with Crippen molar-refractivity contribution in [3.8, 4) is 0 Å². The Balaban J connectivity index is 2.63. The van der Waals surface area contributed by atoms with Gasteiger partial charge in [0.15, 0.2) is 0 Å². The van der Waals surface area contributed by atoms with Crippen LogP contribution in [-0.4, -0.2) is 38.1 Å². The average molecular weight is 243 g/mol. The summed E-state index contributed by atoms with van der Waals surface area (Å²) in [4.78, 5) is 12.2. The lowest BCUT2D eigenvalue weighted by Gasteiger charge is -2.23. The molecule has 0 spiro atoms. The third kappa shape index (κ3) is 4.11. The Morgan fingerprint density at radius 3 is 2.47 bits per heavy atom.